The molecule has 0 saturated heterocycles. The van der Waals surface area contributed by atoms with E-state index in [1.165, 1.54) is 0 Å². The molecular formula is C9H15NO7. The third-order valence-electron chi connectivity index (χ3n) is 1.56. The molecule has 0 spiro atoms. The summed E-state index contributed by atoms with van der Waals surface area (Å²) in [7, 11) is 0. The molecule has 1 atom stereocenters. The molecule has 17 heavy (non-hydrogen) atoms. The first-order chi connectivity index (χ1) is 7.72. The fraction of sp³-hybridized carbons (Fsp3) is 0.556. The van der Waals surface area contributed by atoms with Crippen LogP contribution >= 0.6 is 0 Å². The molecule has 8 nitrogen and oxygen atoms in total. The van der Waals surface area contributed by atoms with Gasteiger partial charge in [-0.15, -0.1) is 0 Å². The Kier molecular flexibility index (Phi) is 9.52. The monoisotopic (exact) mass is 249 g/mol. The molecule has 0 heterocycles. The van der Waals surface area contributed by atoms with Gasteiger partial charge < -0.3 is 21.1 Å². The lowest BCUT2D eigenvalue weighted by molar-refractivity contribution is -0.149. The number of carbonyl (C=O) groups is 4. The van der Waals surface area contributed by atoms with E-state index in [2.05, 4.69) is 0 Å². The molecule has 0 aliphatic rings. The average molecular weight is 249 g/mol. The van der Waals surface area contributed by atoms with Gasteiger partial charge in [-0.3, -0.25) is 14.4 Å². The fourth-order valence-corrected chi connectivity index (χ4v) is 0.502. The molecule has 0 aromatic heterocycles. The minimum atomic E-state index is -1.58. The first-order valence-corrected chi connectivity index (χ1v) is 4.68. The minimum Gasteiger partial charge on any atom is -0.481 e. The van der Waals surface area contributed by atoms with Crippen LogP contribution in [0.4, 0.5) is 0 Å². The van der Waals surface area contributed by atoms with Gasteiger partial charge in [0.1, 0.15) is 6.04 Å². The van der Waals surface area contributed by atoms with Crippen LogP contribution in [-0.2, 0) is 19.2 Å². The second kappa shape index (κ2) is 9.28. The molecule has 8 heteroatoms. The van der Waals surface area contributed by atoms with Gasteiger partial charge in [0.05, 0.1) is 6.42 Å². The predicted molar refractivity (Wildman–Crippen MR) is 55.4 cm³/mol. The fourth-order valence-electron chi connectivity index (χ4n) is 0.502. The van der Waals surface area contributed by atoms with E-state index in [9.17, 15) is 19.2 Å². The van der Waals surface area contributed by atoms with Crippen LogP contribution in [0.1, 0.15) is 26.2 Å². The highest BCUT2D eigenvalue weighted by atomic mass is 16.4. The van der Waals surface area contributed by atoms with E-state index in [-0.39, 0.29) is 0 Å². The SMILES string of the molecule is CCC(N)C(=O)O.O=C(O)CCC(=O)C(=O)O. The Labute approximate surface area is 97.0 Å². The van der Waals surface area contributed by atoms with Crippen LogP contribution < -0.4 is 5.73 Å². The van der Waals surface area contributed by atoms with Gasteiger partial charge in [0, 0.05) is 6.42 Å². The van der Waals surface area contributed by atoms with E-state index in [0.717, 1.165) is 0 Å². The van der Waals surface area contributed by atoms with E-state index in [1.807, 2.05) is 0 Å². The van der Waals surface area contributed by atoms with Gasteiger partial charge in [0.2, 0.25) is 5.78 Å². The molecule has 0 saturated carbocycles. The summed E-state index contributed by atoms with van der Waals surface area (Å²) in [5.74, 6) is -4.75. The number of ketones is 1. The first kappa shape index (κ1) is 17.4. The molecule has 0 radical (unpaired) electrons. The number of carboxylic acid groups (broad SMARTS) is 3. The smallest absolute Gasteiger partial charge is 0.372 e. The molecule has 0 rings (SSSR count). The maximum atomic E-state index is 10.2. The van der Waals surface area contributed by atoms with Gasteiger partial charge in [0.25, 0.3) is 0 Å². The zero-order chi connectivity index (χ0) is 14.0. The number of carboxylic acids is 3. The zero-order valence-corrected chi connectivity index (χ0v) is 9.25. The van der Waals surface area contributed by atoms with E-state index in [0.29, 0.717) is 6.42 Å². The van der Waals surface area contributed by atoms with Crippen molar-refractivity contribution in [3.05, 3.63) is 0 Å². The van der Waals surface area contributed by atoms with Crippen LogP contribution in [0.3, 0.4) is 0 Å². The molecular weight excluding hydrogens is 234 g/mol. The summed E-state index contributed by atoms with van der Waals surface area (Å²) >= 11 is 0. The van der Waals surface area contributed by atoms with Crippen LogP contribution in [-0.4, -0.2) is 45.1 Å². The third-order valence-corrected chi connectivity index (χ3v) is 1.56. The van der Waals surface area contributed by atoms with Crippen LogP contribution in [0.25, 0.3) is 0 Å². The van der Waals surface area contributed by atoms with Crippen molar-refractivity contribution in [1.29, 1.82) is 0 Å². The highest BCUT2D eigenvalue weighted by molar-refractivity contribution is 6.32. The topological polar surface area (TPSA) is 155 Å². The lowest BCUT2D eigenvalue weighted by Gasteiger charge is -1.97. The molecule has 0 aliphatic heterocycles. The molecule has 0 aromatic rings. The van der Waals surface area contributed by atoms with Crippen molar-refractivity contribution in [1.82, 2.24) is 0 Å². The van der Waals surface area contributed by atoms with Crippen molar-refractivity contribution in [3.63, 3.8) is 0 Å². The Morgan fingerprint density at radius 1 is 1.06 bits per heavy atom. The van der Waals surface area contributed by atoms with Crippen molar-refractivity contribution >= 4 is 23.7 Å². The summed E-state index contributed by atoms with van der Waals surface area (Å²) in [5.41, 5.74) is 5.02. The molecule has 5 N–H and O–H groups in total. The predicted octanol–water partition coefficient (Wildman–Crippen LogP) is -0.687. The van der Waals surface area contributed by atoms with E-state index in [4.69, 9.17) is 21.1 Å². The third kappa shape index (κ3) is 12.0. The minimum absolute atomic E-state index is 0.425. The maximum Gasteiger partial charge on any atom is 0.372 e. The number of hydrogen-bond acceptors (Lipinski definition) is 5. The van der Waals surface area contributed by atoms with Crippen molar-refractivity contribution in [2.75, 3.05) is 0 Å². The number of carbonyl (C=O) groups excluding carboxylic acids is 1. The van der Waals surface area contributed by atoms with Crippen molar-refractivity contribution in [3.8, 4) is 0 Å². The highest BCUT2D eigenvalue weighted by Crippen LogP contribution is 1.90. The Morgan fingerprint density at radius 3 is 1.71 bits per heavy atom. The van der Waals surface area contributed by atoms with Gasteiger partial charge in [-0.1, -0.05) is 6.92 Å². The Hall–Kier alpha value is -1.96. The van der Waals surface area contributed by atoms with Crippen LogP contribution in [0.2, 0.25) is 0 Å². The molecule has 0 aromatic carbocycles. The average Bonchev–Trinajstić information content (AvgIpc) is 2.24. The zero-order valence-electron chi connectivity index (χ0n) is 9.25. The van der Waals surface area contributed by atoms with Gasteiger partial charge in [-0.05, 0) is 6.42 Å². The molecule has 1 unspecified atom stereocenters. The number of rotatable bonds is 6. The van der Waals surface area contributed by atoms with Crippen LogP contribution in [0.15, 0.2) is 0 Å². The maximum absolute atomic E-state index is 10.2. The summed E-state index contributed by atoms with van der Waals surface area (Å²) in [6.45, 7) is 1.73. The number of hydrogen-bond donors (Lipinski definition) is 4. The Bertz CT molecular complexity index is 300. The van der Waals surface area contributed by atoms with Crippen LogP contribution in [0.5, 0.6) is 0 Å². The van der Waals surface area contributed by atoms with E-state index >= 15 is 0 Å². The lowest BCUT2D eigenvalue weighted by atomic mass is 10.2. The summed E-state index contributed by atoms with van der Waals surface area (Å²) in [5, 5.41) is 24.0. The molecule has 98 valence electrons. The van der Waals surface area contributed by atoms with Crippen molar-refractivity contribution < 1.29 is 34.5 Å². The van der Waals surface area contributed by atoms with Gasteiger partial charge in [-0.2, -0.15) is 0 Å². The molecule has 0 bridgehead atoms. The second-order valence-corrected chi connectivity index (χ2v) is 2.98. The van der Waals surface area contributed by atoms with Crippen molar-refractivity contribution in [2.45, 2.75) is 32.2 Å². The highest BCUT2D eigenvalue weighted by Gasteiger charge is 2.12. The van der Waals surface area contributed by atoms with E-state index < -0.39 is 42.6 Å². The normalized spacial score (nSPS) is 10.7. The quantitative estimate of drug-likeness (QED) is 0.451. The molecule has 0 fully saturated rings. The summed E-state index contributed by atoms with van der Waals surface area (Å²) < 4.78 is 0. The van der Waals surface area contributed by atoms with Crippen LogP contribution in [0, 0.1) is 0 Å². The molecule has 0 amide bonds. The lowest BCUT2D eigenvalue weighted by Crippen LogP contribution is -2.28. The molecule has 0 aliphatic carbocycles. The summed E-state index contributed by atoms with van der Waals surface area (Å²) in [6, 6.07) is -0.681. The number of Topliss-reactive ketones (excluding diaryl/α,β-unsaturated/α-hetero) is 1. The number of aliphatic carboxylic acids is 3. The first-order valence-electron chi connectivity index (χ1n) is 4.68. The Morgan fingerprint density at radius 2 is 1.53 bits per heavy atom. The van der Waals surface area contributed by atoms with Gasteiger partial charge in [0.15, 0.2) is 0 Å². The summed E-state index contributed by atoms with van der Waals surface area (Å²) in [6.07, 6.45) is -0.370. The van der Waals surface area contributed by atoms with Gasteiger partial charge >= 0.3 is 17.9 Å². The van der Waals surface area contributed by atoms with Gasteiger partial charge in [-0.25, -0.2) is 4.79 Å². The summed E-state index contributed by atoms with van der Waals surface area (Å²) in [4.78, 5) is 39.5. The van der Waals surface area contributed by atoms with E-state index in [1.54, 1.807) is 6.92 Å². The second-order valence-electron chi connectivity index (χ2n) is 2.98. The standard InChI is InChI=1S/C5H6O5.C4H9NO2/c6-3(5(9)10)1-2-4(7)8;1-2-3(5)4(6)7/h1-2H2,(H,7,8)(H,9,10);3H,2,5H2,1H3,(H,6,7). The van der Waals surface area contributed by atoms with Crippen molar-refractivity contribution in [2.24, 2.45) is 5.73 Å². The largest absolute Gasteiger partial charge is 0.481 e. The number of nitrogens with two attached hydrogens (primary N) is 1. The Balaban J connectivity index is 0.